The van der Waals surface area contributed by atoms with Gasteiger partial charge in [0, 0.05) is 36.4 Å². The number of halogens is 5. The van der Waals surface area contributed by atoms with Crippen molar-refractivity contribution in [2.45, 2.75) is 25.4 Å². The minimum absolute atomic E-state index is 0.0257. The van der Waals surface area contributed by atoms with E-state index in [9.17, 15) is 26.7 Å². The van der Waals surface area contributed by atoms with Crippen LogP contribution in [0.1, 0.15) is 11.3 Å². The normalized spacial score (nSPS) is 17.2. The molecule has 1 aromatic carbocycles. The van der Waals surface area contributed by atoms with E-state index < -0.39 is 40.7 Å². The third-order valence-corrected chi connectivity index (χ3v) is 6.66. The number of alkyl halides is 3. The fraction of sp³-hybridized carbons (Fsp3) is 0.318. The van der Waals surface area contributed by atoms with Crippen LogP contribution in [0.4, 0.5) is 27.8 Å². The number of ether oxygens (including phenoxy) is 2. The summed E-state index contributed by atoms with van der Waals surface area (Å²) in [4.78, 5) is 21.6. The molecule has 0 spiro atoms. The number of benzene rings is 1. The molecule has 13 heteroatoms. The molecule has 0 saturated carbocycles. The van der Waals surface area contributed by atoms with Gasteiger partial charge in [0.1, 0.15) is 23.9 Å². The first kappa shape index (κ1) is 23.4. The lowest BCUT2D eigenvalue weighted by Crippen LogP contribution is -2.39. The summed E-state index contributed by atoms with van der Waals surface area (Å²) in [6, 6.07) is 5.30. The quantitative estimate of drug-likeness (QED) is 0.474. The molecule has 7 nitrogen and oxygen atoms in total. The van der Waals surface area contributed by atoms with Gasteiger partial charge in [-0.25, -0.2) is 13.6 Å². The highest BCUT2D eigenvalue weighted by Gasteiger charge is 2.34. The van der Waals surface area contributed by atoms with Crippen molar-refractivity contribution in [1.82, 2.24) is 14.5 Å². The highest BCUT2D eigenvalue weighted by Crippen LogP contribution is 2.34. The molecule has 5 rings (SSSR count). The molecule has 184 valence electrons. The Bertz CT molecular complexity index is 1310. The second-order valence-corrected chi connectivity index (χ2v) is 9.07. The van der Waals surface area contributed by atoms with Gasteiger partial charge in [0.25, 0.3) is 0 Å². The van der Waals surface area contributed by atoms with Crippen LogP contribution in [-0.2, 0) is 19.3 Å². The first-order valence-corrected chi connectivity index (χ1v) is 11.6. The maximum Gasteiger partial charge on any atom is 0.433 e. The summed E-state index contributed by atoms with van der Waals surface area (Å²) in [7, 11) is 0. The minimum Gasteiger partial charge on any atom is -0.473 e. The number of hydrogen-bond donors (Lipinski definition) is 0. The average molecular weight is 512 g/mol. The van der Waals surface area contributed by atoms with E-state index in [4.69, 9.17) is 9.47 Å². The Morgan fingerprint density at radius 2 is 1.91 bits per heavy atom. The van der Waals surface area contributed by atoms with Crippen LogP contribution in [0.25, 0.3) is 0 Å². The SMILES string of the molecule is O=c1nc(OCc2cc(F)c(Oc3ccnc(C(F)(F)F)c3)c(F)c2)cc2n1CC1CSCCN21. The Labute approximate surface area is 199 Å². The molecule has 0 amide bonds. The number of pyridine rings is 1. The van der Waals surface area contributed by atoms with Gasteiger partial charge in [-0.05, 0) is 23.8 Å². The number of thioether (sulfide) groups is 1. The molecular formula is C22H17F5N4O3S. The first-order valence-electron chi connectivity index (χ1n) is 10.5. The zero-order valence-corrected chi connectivity index (χ0v) is 18.7. The number of aromatic nitrogens is 3. The van der Waals surface area contributed by atoms with E-state index in [0.29, 0.717) is 18.4 Å². The Hall–Kier alpha value is -3.35. The van der Waals surface area contributed by atoms with E-state index in [2.05, 4.69) is 14.9 Å². The van der Waals surface area contributed by atoms with Crippen molar-refractivity contribution in [3.63, 3.8) is 0 Å². The van der Waals surface area contributed by atoms with Crippen molar-refractivity contribution < 1.29 is 31.4 Å². The molecule has 3 aromatic rings. The summed E-state index contributed by atoms with van der Waals surface area (Å²) < 4.78 is 79.7. The number of rotatable bonds is 5. The predicted molar refractivity (Wildman–Crippen MR) is 117 cm³/mol. The van der Waals surface area contributed by atoms with Crippen molar-refractivity contribution in [3.05, 3.63) is 69.9 Å². The summed E-state index contributed by atoms with van der Waals surface area (Å²) in [6.45, 7) is 1.04. The molecule has 0 N–H and O–H groups in total. The van der Waals surface area contributed by atoms with Gasteiger partial charge in [-0.1, -0.05) is 0 Å². The van der Waals surface area contributed by atoms with Gasteiger partial charge in [-0.2, -0.15) is 29.9 Å². The van der Waals surface area contributed by atoms with E-state index in [1.807, 2.05) is 11.8 Å². The molecule has 1 unspecified atom stereocenters. The van der Waals surface area contributed by atoms with Crippen molar-refractivity contribution >= 4 is 17.6 Å². The predicted octanol–water partition coefficient (Wildman–Crippen LogP) is 4.24. The maximum atomic E-state index is 14.6. The summed E-state index contributed by atoms with van der Waals surface area (Å²) >= 11 is 1.82. The van der Waals surface area contributed by atoms with Crippen LogP contribution in [0.3, 0.4) is 0 Å². The molecule has 0 aliphatic carbocycles. The monoisotopic (exact) mass is 512 g/mol. The average Bonchev–Trinajstić information content (AvgIpc) is 3.19. The lowest BCUT2D eigenvalue weighted by Gasteiger charge is -2.30. The second-order valence-electron chi connectivity index (χ2n) is 7.92. The number of hydrogen-bond acceptors (Lipinski definition) is 7. The molecule has 35 heavy (non-hydrogen) atoms. The van der Waals surface area contributed by atoms with Crippen LogP contribution >= 0.6 is 11.8 Å². The standard InChI is InChI=1S/C22H17F5N4O3S/c23-15-5-12(6-16(24)20(15)34-14-1-2-28-17(7-14)22(25,26)27)10-33-18-8-19-30-3-4-35-11-13(30)9-31(19)21(32)29-18/h1-2,5-8,13H,3-4,9-11H2. The topological polar surface area (TPSA) is 69.5 Å². The molecule has 1 fully saturated rings. The Morgan fingerprint density at radius 1 is 1.14 bits per heavy atom. The zero-order chi connectivity index (χ0) is 24.7. The first-order chi connectivity index (χ1) is 16.7. The van der Waals surface area contributed by atoms with Crippen LogP contribution in [0, 0.1) is 11.6 Å². The highest BCUT2D eigenvalue weighted by atomic mass is 32.2. The number of nitrogens with zero attached hydrogens (tertiary/aromatic N) is 4. The van der Waals surface area contributed by atoms with E-state index in [1.54, 1.807) is 10.6 Å². The van der Waals surface area contributed by atoms with Crippen LogP contribution in [0.15, 0.2) is 41.3 Å². The van der Waals surface area contributed by atoms with Gasteiger partial charge in [-0.3, -0.25) is 9.55 Å². The maximum absolute atomic E-state index is 14.6. The van der Waals surface area contributed by atoms with Gasteiger partial charge in [0.05, 0.1) is 12.6 Å². The molecule has 4 heterocycles. The van der Waals surface area contributed by atoms with Gasteiger partial charge < -0.3 is 14.4 Å². The molecule has 0 bridgehead atoms. The van der Waals surface area contributed by atoms with Crippen molar-refractivity contribution in [2.75, 3.05) is 23.0 Å². The molecular weight excluding hydrogens is 495 g/mol. The second kappa shape index (κ2) is 9.02. The molecule has 0 radical (unpaired) electrons. The third kappa shape index (κ3) is 4.77. The summed E-state index contributed by atoms with van der Waals surface area (Å²) in [5.41, 5.74) is -1.64. The van der Waals surface area contributed by atoms with E-state index in [0.717, 1.165) is 42.4 Å². The molecule has 1 atom stereocenters. The highest BCUT2D eigenvalue weighted by molar-refractivity contribution is 7.99. The van der Waals surface area contributed by atoms with Crippen LogP contribution in [0.5, 0.6) is 17.4 Å². The fourth-order valence-corrected chi connectivity index (χ4v) is 5.02. The molecule has 2 aliphatic rings. The van der Waals surface area contributed by atoms with Crippen LogP contribution < -0.4 is 20.1 Å². The zero-order valence-electron chi connectivity index (χ0n) is 17.9. The van der Waals surface area contributed by atoms with Gasteiger partial charge >= 0.3 is 11.9 Å². The Balaban J connectivity index is 1.31. The summed E-state index contributed by atoms with van der Waals surface area (Å²) in [5, 5.41) is 0. The van der Waals surface area contributed by atoms with Crippen molar-refractivity contribution in [2.24, 2.45) is 0 Å². The van der Waals surface area contributed by atoms with E-state index in [-0.39, 0.29) is 24.1 Å². The van der Waals surface area contributed by atoms with E-state index in [1.165, 1.54) is 0 Å². The lowest BCUT2D eigenvalue weighted by atomic mass is 10.2. The minimum atomic E-state index is -4.74. The van der Waals surface area contributed by atoms with Crippen molar-refractivity contribution in [1.29, 1.82) is 0 Å². The Kier molecular flexibility index (Phi) is 6.03. The van der Waals surface area contributed by atoms with Crippen LogP contribution in [-0.4, -0.2) is 38.6 Å². The number of fused-ring (bicyclic) bond motifs is 3. The largest absolute Gasteiger partial charge is 0.473 e. The lowest BCUT2D eigenvalue weighted by molar-refractivity contribution is -0.141. The molecule has 2 aromatic heterocycles. The summed E-state index contributed by atoms with van der Waals surface area (Å²) in [5.74, 6) is -0.995. The molecule has 1 saturated heterocycles. The van der Waals surface area contributed by atoms with E-state index >= 15 is 0 Å². The third-order valence-electron chi connectivity index (χ3n) is 5.57. The fourth-order valence-electron chi connectivity index (χ4n) is 3.97. The molecule has 2 aliphatic heterocycles. The smallest absolute Gasteiger partial charge is 0.433 e. The van der Waals surface area contributed by atoms with Crippen LogP contribution in [0.2, 0.25) is 0 Å². The van der Waals surface area contributed by atoms with Gasteiger partial charge in [0.15, 0.2) is 17.4 Å². The Morgan fingerprint density at radius 3 is 2.66 bits per heavy atom. The van der Waals surface area contributed by atoms with Crippen molar-refractivity contribution in [3.8, 4) is 17.4 Å². The summed E-state index contributed by atoms with van der Waals surface area (Å²) in [6.07, 6.45) is -3.91. The van der Waals surface area contributed by atoms with Gasteiger partial charge in [-0.15, -0.1) is 0 Å². The number of anilines is 1. The van der Waals surface area contributed by atoms with Gasteiger partial charge in [0.2, 0.25) is 5.88 Å².